The van der Waals surface area contributed by atoms with Crippen LogP contribution in [-0.2, 0) is 15.7 Å². The molecule has 3 rings (SSSR count). The lowest BCUT2D eigenvalue weighted by molar-refractivity contribution is -0.178. The summed E-state index contributed by atoms with van der Waals surface area (Å²) in [5.41, 5.74) is 0. The quantitative estimate of drug-likeness (QED) is 0.837. The second-order valence-electron chi connectivity index (χ2n) is 5.35. The highest BCUT2D eigenvalue weighted by molar-refractivity contribution is 7.09. The highest BCUT2D eigenvalue weighted by Crippen LogP contribution is 2.38. The molecule has 118 valence electrons. The van der Waals surface area contributed by atoms with Gasteiger partial charge in [0.2, 0.25) is 11.0 Å². The number of ether oxygens (including phenoxy) is 2. The van der Waals surface area contributed by atoms with Crippen LogP contribution in [0.1, 0.15) is 31.5 Å². The summed E-state index contributed by atoms with van der Waals surface area (Å²) < 4.78 is 52.3. The maximum atomic E-state index is 12.5. The third-order valence-corrected chi connectivity index (χ3v) is 4.86. The molecule has 0 radical (unpaired) electrons. The van der Waals surface area contributed by atoms with Crippen molar-refractivity contribution >= 4 is 16.7 Å². The Morgan fingerprint density at radius 3 is 2.38 bits per heavy atom. The molecule has 0 amide bonds. The van der Waals surface area contributed by atoms with Crippen molar-refractivity contribution in [1.82, 2.24) is 9.36 Å². The van der Waals surface area contributed by atoms with Crippen LogP contribution in [-0.4, -0.2) is 41.4 Å². The lowest BCUT2D eigenvalue weighted by Gasteiger charge is -2.38. The van der Waals surface area contributed by atoms with E-state index in [1.54, 1.807) is 11.9 Å². The predicted octanol–water partition coefficient (Wildman–Crippen LogP) is 2.68. The van der Waals surface area contributed by atoms with Crippen molar-refractivity contribution in [3.8, 4) is 0 Å². The molecule has 1 aliphatic heterocycles. The van der Waals surface area contributed by atoms with Crippen LogP contribution >= 0.6 is 11.5 Å². The first-order chi connectivity index (χ1) is 9.90. The maximum absolute atomic E-state index is 12.5. The molecule has 0 unspecified atom stereocenters. The van der Waals surface area contributed by atoms with Gasteiger partial charge in [-0.3, -0.25) is 0 Å². The molecule has 1 aromatic rings. The minimum Gasteiger partial charge on any atom is -0.348 e. The molecule has 0 bridgehead atoms. The first-order valence-corrected chi connectivity index (χ1v) is 7.59. The van der Waals surface area contributed by atoms with Crippen molar-refractivity contribution in [2.45, 2.75) is 43.7 Å². The predicted molar refractivity (Wildman–Crippen MR) is 70.2 cm³/mol. The molecule has 1 saturated heterocycles. The number of nitrogens with zero attached hydrogens (tertiary/aromatic N) is 3. The number of halogens is 3. The summed E-state index contributed by atoms with van der Waals surface area (Å²) in [6.07, 6.45) is -1.37. The fourth-order valence-corrected chi connectivity index (χ4v) is 3.56. The summed E-state index contributed by atoms with van der Waals surface area (Å²) in [5.74, 6) is -1.53. The van der Waals surface area contributed by atoms with Gasteiger partial charge in [-0.1, -0.05) is 0 Å². The van der Waals surface area contributed by atoms with E-state index in [2.05, 4.69) is 9.36 Å². The van der Waals surface area contributed by atoms with Gasteiger partial charge in [0.25, 0.3) is 0 Å². The second-order valence-corrected chi connectivity index (χ2v) is 6.08. The van der Waals surface area contributed by atoms with E-state index in [1.807, 2.05) is 0 Å². The fraction of sp³-hybridized carbons (Fsp3) is 0.833. The third-order valence-electron chi connectivity index (χ3n) is 4.05. The number of rotatable bonds is 2. The number of hydrogen-bond donors (Lipinski definition) is 0. The highest BCUT2D eigenvalue weighted by Gasteiger charge is 2.42. The molecule has 21 heavy (non-hydrogen) atoms. The maximum Gasteiger partial charge on any atom is 0.452 e. The van der Waals surface area contributed by atoms with E-state index in [0.717, 1.165) is 37.2 Å². The standard InChI is InChI=1S/C12H16F3N3O2S/c1-18(10-16-9(17-21-10)12(13,14)15)8-2-4-11(5-3-8)19-6-7-20-11/h8H,2-7H2,1H3. The summed E-state index contributed by atoms with van der Waals surface area (Å²) in [5, 5.41) is 0.302. The van der Waals surface area contributed by atoms with Crippen molar-refractivity contribution in [2.24, 2.45) is 0 Å². The lowest BCUT2D eigenvalue weighted by atomic mass is 9.89. The summed E-state index contributed by atoms with van der Waals surface area (Å²) in [4.78, 5) is 5.38. The van der Waals surface area contributed by atoms with Gasteiger partial charge < -0.3 is 14.4 Å². The van der Waals surface area contributed by atoms with Crippen LogP contribution in [0.5, 0.6) is 0 Å². The largest absolute Gasteiger partial charge is 0.452 e. The monoisotopic (exact) mass is 323 g/mol. The van der Waals surface area contributed by atoms with Gasteiger partial charge >= 0.3 is 6.18 Å². The lowest BCUT2D eigenvalue weighted by Crippen LogP contribution is -2.42. The van der Waals surface area contributed by atoms with Gasteiger partial charge in [0.1, 0.15) is 0 Å². The molecule has 1 aliphatic carbocycles. The van der Waals surface area contributed by atoms with Crippen LogP contribution in [0.3, 0.4) is 0 Å². The molecule has 0 atom stereocenters. The van der Waals surface area contributed by atoms with Gasteiger partial charge in [-0.2, -0.15) is 22.5 Å². The molecule has 2 heterocycles. The Kier molecular flexibility index (Phi) is 3.83. The molecule has 1 spiro atoms. The zero-order chi connectivity index (χ0) is 15.1. The zero-order valence-corrected chi connectivity index (χ0v) is 12.3. The van der Waals surface area contributed by atoms with Gasteiger partial charge in [-0.15, -0.1) is 0 Å². The Labute approximate surface area is 124 Å². The van der Waals surface area contributed by atoms with E-state index in [1.165, 1.54) is 0 Å². The molecule has 2 aliphatic rings. The van der Waals surface area contributed by atoms with Crippen molar-refractivity contribution in [3.05, 3.63) is 5.82 Å². The van der Waals surface area contributed by atoms with E-state index in [4.69, 9.17) is 9.47 Å². The Balaban J connectivity index is 1.63. The molecule has 5 nitrogen and oxygen atoms in total. The zero-order valence-electron chi connectivity index (χ0n) is 11.5. The topological polar surface area (TPSA) is 47.5 Å². The van der Waals surface area contributed by atoms with E-state index < -0.39 is 17.8 Å². The summed E-state index contributed by atoms with van der Waals surface area (Å²) >= 11 is 0.784. The molecular weight excluding hydrogens is 307 g/mol. The Hall–Kier alpha value is -0.930. The fourth-order valence-electron chi connectivity index (χ4n) is 2.85. The van der Waals surface area contributed by atoms with Crippen LogP contribution in [0.4, 0.5) is 18.3 Å². The summed E-state index contributed by atoms with van der Waals surface area (Å²) in [6.45, 7) is 1.23. The second kappa shape index (κ2) is 5.36. The summed E-state index contributed by atoms with van der Waals surface area (Å²) in [6, 6.07) is 0.137. The average Bonchev–Trinajstić information content (AvgIpc) is 3.08. The Morgan fingerprint density at radius 1 is 1.24 bits per heavy atom. The molecule has 1 saturated carbocycles. The third kappa shape index (κ3) is 3.00. The van der Waals surface area contributed by atoms with Crippen LogP contribution in [0.2, 0.25) is 0 Å². The normalized spacial score (nSPS) is 22.9. The van der Waals surface area contributed by atoms with Crippen molar-refractivity contribution in [2.75, 3.05) is 25.2 Å². The van der Waals surface area contributed by atoms with Gasteiger partial charge in [0, 0.05) is 37.5 Å². The number of hydrogen-bond acceptors (Lipinski definition) is 6. The van der Waals surface area contributed by atoms with Crippen LogP contribution in [0, 0.1) is 0 Å². The molecule has 0 N–H and O–H groups in total. The smallest absolute Gasteiger partial charge is 0.348 e. The van der Waals surface area contributed by atoms with Crippen LogP contribution in [0.25, 0.3) is 0 Å². The molecule has 1 aromatic heterocycles. The minimum absolute atomic E-state index is 0.137. The van der Waals surface area contributed by atoms with Gasteiger partial charge in [0.05, 0.1) is 13.2 Å². The van der Waals surface area contributed by atoms with Gasteiger partial charge in [-0.25, -0.2) is 0 Å². The van der Waals surface area contributed by atoms with Gasteiger partial charge in [0.15, 0.2) is 5.79 Å². The van der Waals surface area contributed by atoms with Crippen LogP contribution in [0.15, 0.2) is 0 Å². The van der Waals surface area contributed by atoms with Crippen LogP contribution < -0.4 is 4.90 Å². The number of anilines is 1. The molecule has 2 fully saturated rings. The van der Waals surface area contributed by atoms with Crippen molar-refractivity contribution < 1.29 is 22.6 Å². The van der Waals surface area contributed by atoms with Crippen molar-refractivity contribution in [1.29, 1.82) is 0 Å². The molecule has 9 heteroatoms. The SMILES string of the molecule is CN(c1nc(C(F)(F)F)ns1)C1CCC2(CC1)OCCO2. The first-order valence-electron chi connectivity index (χ1n) is 6.81. The van der Waals surface area contributed by atoms with Gasteiger partial charge in [-0.05, 0) is 12.8 Å². The van der Waals surface area contributed by atoms with Crippen molar-refractivity contribution in [3.63, 3.8) is 0 Å². The summed E-state index contributed by atoms with van der Waals surface area (Å²) in [7, 11) is 1.76. The number of aromatic nitrogens is 2. The minimum atomic E-state index is -4.49. The van der Waals surface area contributed by atoms with E-state index in [0.29, 0.717) is 18.3 Å². The van der Waals surface area contributed by atoms with E-state index in [9.17, 15) is 13.2 Å². The Morgan fingerprint density at radius 2 is 1.86 bits per heavy atom. The number of alkyl halides is 3. The van der Waals surface area contributed by atoms with E-state index >= 15 is 0 Å². The Bertz CT molecular complexity index is 492. The van der Waals surface area contributed by atoms with E-state index in [-0.39, 0.29) is 6.04 Å². The molecule has 0 aromatic carbocycles. The highest BCUT2D eigenvalue weighted by atomic mass is 32.1. The molecular formula is C12H16F3N3O2S. The first kappa shape index (κ1) is 15.0. The average molecular weight is 323 g/mol.